The lowest BCUT2D eigenvalue weighted by Crippen LogP contribution is -2.40. The van der Waals surface area contributed by atoms with Crippen LogP contribution in [0.4, 0.5) is 0 Å². The molecule has 0 saturated heterocycles. The molecule has 0 fully saturated rings. The summed E-state index contributed by atoms with van der Waals surface area (Å²) in [6.07, 6.45) is 8.65. The van der Waals surface area contributed by atoms with Crippen LogP contribution in [-0.2, 0) is 6.42 Å². The Morgan fingerprint density at radius 1 is 1.19 bits per heavy atom. The molecule has 0 aromatic carbocycles. The number of unbranched alkanes of at least 4 members (excludes halogenated alkanes) is 1. The monoisotopic (exact) mass is 372 g/mol. The lowest BCUT2D eigenvalue weighted by atomic mass is 9.97. The van der Waals surface area contributed by atoms with Crippen molar-refractivity contribution in [3.8, 4) is 11.6 Å². The Balaban J connectivity index is 1.75. The number of nitrogens with one attached hydrogen (secondary N) is 2. The molecule has 2 aromatic heterocycles. The van der Waals surface area contributed by atoms with E-state index in [0.29, 0.717) is 36.3 Å². The SMILES string of the molecule is CCCCC(CCC)CNC(=NC)NCCc1noc(-c2ccccn2)n1. The van der Waals surface area contributed by atoms with Crippen molar-refractivity contribution >= 4 is 5.96 Å². The Kier molecular flexibility index (Phi) is 9.30. The molecule has 0 amide bonds. The van der Waals surface area contributed by atoms with Crippen LogP contribution in [0, 0.1) is 5.92 Å². The van der Waals surface area contributed by atoms with Gasteiger partial charge in [0.1, 0.15) is 5.69 Å². The van der Waals surface area contributed by atoms with E-state index in [1.165, 1.54) is 32.1 Å². The number of aromatic nitrogens is 3. The maximum atomic E-state index is 5.28. The van der Waals surface area contributed by atoms with Gasteiger partial charge in [-0.05, 0) is 30.9 Å². The summed E-state index contributed by atoms with van der Waals surface area (Å²) in [5, 5.41) is 10.8. The van der Waals surface area contributed by atoms with Crippen molar-refractivity contribution in [2.24, 2.45) is 10.9 Å². The van der Waals surface area contributed by atoms with E-state index in [4.69, 9.17) is 4.52 Å². The standard InChI is InChI=1S/C20H32N6O/c1-4-6-10-16(9-5-2)15-24-20(21-3)23-14-12-18-25-19(27-26-18)17-11-7-8-13-22-17/h7-8,11,13,16H,4-6,9-10,12,14-15H2,1-3H3,(H2,21,23,24). The van der Waals surface area contributed by atoms with Gasteiger partial charge in [0.25, 0.3) is 5.89 Å². The molecule has 0 aliphatic carbocycles. The zero-order valence-corrected chi connectivity index (χ0v) is 16.7. The number of guanidine groups is 1. The summed E-state index contributed by atoms with van der Waals surface area (Å²) in [5.41, 5.74) is 0.690. The van der Waals surface area contributed by atoms with E-state index in [9.17, 15) is 0 Å². The first-order chi connectivity index (χ1) is 13.3. The summed E-state index contributed by atoms with van der Waals surface area (Å²) >= 11 is 0. The highest BCUT2D eigenvalue weighted by atomic mass is 16.5. The maximum absolute atomic E-state index is 5.28. The minimum Gasteiger partial charge on any atom is -0.356 e. The molecule has 0 saturated carbocycles. The van der Waals surface area contributed by atoms with E-state index in [1.807, 2.05) is 18.2 Å². The minimum atomic E-state index is 0.450. The lowest BCUT2D eigenvalue weighted by molar-refractivity contribution is 0.420. The largest absolute Gasteiger partial charge is 0.356 e. The van der Waals surface area contributed by atoms with Crippen LogP contribution in [0.2, 0.25) is 0 Å². The molecule has 1 unspecified atom stereocenters. The van der Waals surface area contributed by atoms with Crippen LogP contribution >= 0.6 is 0 Å². The van der Waals surface area contributed by atoms with E-state index < -0.39 is 0 Å². The highest BCUT2D eigenvalue weighted by molar-refractivity contribution is 5.79. The molecule has 2 aromatic rings. The van der Waals surface area contributed by atoms with Crippen LogP contribution in [0.3, 0.4) is 0 Å². The Bertz CT molecular complexity index is 670. The first kappa shape index (κ1) is 20.9. The molecule has 0 radical (unpaired) electrons. The molecule has 0 spiro atoms. The van der Waals surface area contributed by atoms with Crippen LogP contribution in [-0.4, -0.2) is 41.2 Å². The molecule has 7 nitrogen and oxygen atoms in total. The van der Waals surface area contributed by atoms with Gasteiger partial charge < -0.3 is 15.2 Å². The van der Waals surface area contributed by atoms with Crippen molar-refractivity contribution in [3.63, 3.8) is 0 Å². The zero-order chi connectivity index (χ0) is 19.3. The third-order valence-electron chi connectivity index (χ3n) is 4.44. The molecular weight excluding hydrogens is 340 g/mol. The second-order valence-electron chi connectivity index (χ2n) is 6.66. The summed E-state index contributed by atoms with van der Waals surface area (Å²) in [5.74, 6) is 2.63. The molecule has 148 valence electrons. The average molecular weight is 373 g/mol. The van der Waals surface area contributed by atoms with Crippen molar-refractivity contribution in [3.05, 3.63) is 30.2 Å². The van der Waals surface area contributed by atoms with Gasteiger partial charge in [-0.15, -0.1) is 0 Å². The van der Waals surface area contributed by atoms with Crippen molar-refractivity contribution < 1.29 is 4.52 Å². The lowest BCUT2D eigenvalue weighted by Gasteiger charge is -2.18. The summed E-state index contributed by atoms with van der Waals surface area (Å²) in [6, 6.07) is 5.61. The molecule has 27 heavy (non-hydrogen) atoms. The van der Waals surface area contributed by atoms with Crippen LogP contribution in [0.5, 0.6) is 0 Å². The third kappa shape index (κ3) is 7.37. The fourth-order valence-electron chi connectivity index (χ4n) is 2.95. The van der Waals surface area contributed by atoms with Gasteiger partial charge in [-0.2, -0.15) is 4.98 Å². The van der Waals surface area contributed by atoms with Gasteiger partial charge >= 0.3 is 0 Å². The minimum absolute atomic E-state index is 0.450. The summed E-state index contributed by atoms with van der Waals surface area (Å²) in [4.78, 5) is 12.9. The van der Waals surface area contributed by atoms with Crippen molar-refractivity contribution in [1.29, 1.82) is 0 Å². The second-order valence-corrected chi connectivity index (χ2v) is 6.66. The summed E-state index contributed by atoms with van der Waals surface area (Å²) in [6.45, 7) is 6.14. The summed E-state index contributed by atoms with van der Waals surface area (Å²) < 4.78 is 5.28. The van der Waals surface area contributed by atoms with Crippen LogP contribution in [0.25, 0.3) is 11.6 Å². The third-order valence-corrected chi connectivity index (χ3v) is 4.44. The summed E-state index contributed by atoms with van der Waals surface area (Å²) in [7, 11) is 1.80. The first-order valence-electron chi connectivity index (χ1n) is 9.95. The quantitative estimate of drug-likeness (QED) is 0.464. The Morgan fingerprint density at radius 3 is 2.78 bits per heavy atom. The van der Waals surface area contributed by atoms with E-state index in [-0.39, 0.29) is 0 Å². The normalized spacial score (nSPS) is 12.8. The van der Waals surface area contributed by atoms with Crippen LogP contribution in [0.15, 0.2) is 33.9 Å². The molecular formula is C20H32N6O. The average Bonchev–Trinajstić information content (AvgIpc) is 3.18. The first-order valence-corrected chi connectivity index (χ1v) is 9.95. The smallest absolute Gasteiger partial charge is 0.276 e. The fourth-order valence-corrected chi connectivity index (χ4v) is 2.95. The molecule has 2 rings (SSSR count). The number of aliphatic imine (C=N–C) groups is 1. The Morgan fingerprint density at radius 2 is 2.07 bits per heavy atom. The molecule has 0 aliphatic heterocycles. The number of pyridine rings is 1. The van der Waals surface area contributed by atoms with Gasteiger partial charge in [-0.3, -0.25) is 9.98 Å². The van der Waals surface area contributed by atoms with Gasteiger partial charge in [0.15, 0.2) is 11.8 Å². The van der Waals surface area contributed by atoms with E-state index in [0.717, 1.165) is 12.5 Å². The Labute approximate surface area is 162 Å². The van der Waals surface area contributed by atoms with Gasteiger partial charge in [0.05, 0.1) is 0 Å². The number of nitrogens with zero attached hydrogens (tertiary/aromatic N) is 4. The van der Waals surface area contributed by atoms with E-state index >= 15 is 0 Å². The van der Waals surface area contributed by atoms with Gasteiger partial charge in [-0.25, -0.2) is 0 Å². The van der Waals surface area contributed by atoms with Gasteiger partial charge in [-0.1, -0.05) is 44.3 Å². The van der Waals surface area contributed by atoms with Crippen LogP contribution < -0.4 is 10.6 Å². The fraction of sp³-hybridized carbons (Fsp3) is 0.600. The topological polar surface area (TPSA) is 88.2 Å². The molecule has 2 heterocycles. The highest BCUT2D eigenvalue weighted by Crippen LogP contribution is 2.14. The molecule has 2 N–H and O–H groups in total. The van der Waals surface area contributed by atoms with E-state index in [1.54, 1.807) is 13.2 Å². The van der Waals surface area contributed by atoms with Gasteiger partial charge in [0, 0.05) is 32.8 Å². The molecule has 0 aliphatic rings. The zero-order valence-electron chi connectivity index (χ0n) is 16.7. The van der Waals surface area contributed by atoms with Crippen molar-refractivity contribution in [2.75, 3.05) is 20.1 Å². The second kappa shape index (κ2) is 12.0. The number of hydrogen-bond donors (Lipinski definition) is 2. The van der Waals surface area contributed by atoms with Crippen molar-refractivity contribution in [2.45, 2.75) is 52.4 Å². The number of rotatable bonds is 11. The van der Waals surface area contributed by atoms with Gasteiger partial charge in [0.2, 0.25) is 0 Å². The Hall–Kier alpha value is -2.44. The molecule has 0 bridgehead atoms. The predicted molar refractivity (Wildman–Crippen MR) is 109 cm³/mol. The molecule has 1 atom stereocenters. The highest BCUT2D eigenvalue weighted by Gasteiger charge is 2.11. The molecule has 7 heteroatoms. The van der Waals surface area contributed by atoms with E-state index in [2.05, 4.69) is 44.6 Å². The van der Waals surface area contributed by atoms with Crippen molar-refractivity contribution in [1.82, 2.24) is 25.8 Å². The number of hydrogen-bond acceptors (Lipinski definition) is 5. The predicted octanol–water partition coefficient (Wildman–Crippen LogP) is 3.45. The maximum Gasteiger partial charge on any atom is 0.276 e. The van der Waals surface area contributed by atoms with Crippen LogP contribution in [0.1, 0.15) is 51.8 Å².